The van der Waals surface area contributed by atoms with Crippen LogP contribution in [0.25, 0.3) is 10.9 Å². The second-order valence-electron chi connectivity index (χ2n) is 7.65. The Morgan fingerprint density at radius 1 is 1.28 bits per heavy atom. The zero-order valence-corrected chi connectivity index (χ0v) is 19.3. The molecule has 1 aliphatic rings. The van der Waals surface area contributed by atoms with E-state index in [0.717, 1.165) is 30.2 Å². The van der Waals surface area contributed by atoms with Gasteiger partial charge in [-0.15, -0.1) is 0 Å². The highest BCUT2D eigenvalue weighted by Crippen LogP contribution is 2.33. The molecule has 1 aliphatic carbocycles. The van der Waals surface area contributed by atoms with Crippen LogP contribution in [0.4, 0.5) is 0 Å². The standard InChI is InChI=1S/C24H23BrN4O3/c1-31-21-9-5-8-17(22(21)32-13-12-26)15-27-29-23(16-6-3-2-4-7-16)28-20-11-10-18(25)14-19(20)24(29)30/h5,8-11,14-16H,2-4,6-7,13H2,1H3. The summed E-state index contributed by atoms with van der Waals surface area (Å²) in [6.45, 7) is -0.125. The number of halogens is 1. The molecular formula is C24H23BrN4O3. The number of methoxy groups -OCH3 is 1. The summed E-state index contributed by atoms with van der Waals surface area (Å²) >= 11 is 3.44. The Hall–Kier alpha value is -3.18. The Bertz CT molecular complexity index is 1260. The molecule has 2 aromatic carbocycles. The fourth-order valence-electron chi connectivity index (χ4n) is 4.08. The Morgan fingerprint density at radius 3 is 2.84 bits per heavy atom. The van der Waals surface area contributed by atoms with Crippen molar-refractivity contribution >= 4 is 33.0 Å². The van der Waals surface area contributed by atoms with Crippen LogP contribution in [0.3, 0.4) is 0 Å². The van der Waals surface area contributed by atoms with E-state index < -0.39 is 0 Å². The summed E-state index contributed by atoms with van der Waals surface area (Å²) in [6.07, 6.45) is 6.97. The van der Waals surface area contributed by atoms with Crippen molar-refractivity contribution in [1.82, 2.24) is 9.66 Å². The van der Waals surface area contributed by atoms with E-state index in [0.29, 0.717) is 33.8 Å². The van der Waals surface area contributed by atoms with Gasteiger partial charge in [-0.2, -0.15) is 15.0 Å². The topological polar surface area (TPSA) is 89.5 Å². The zero-order chi connectivity index (χ0) is 22.5. The van der Waals surface area contributed by atoms with Crippen molar-refractivity contribution < 1.29 is 9.47 Å². The summed E-state index contributed by atoms with van der Waals surface area (Å²) in [4.78, 5) is 18.3. The van der Waals surface area contributed by atoms with E-state index in [2.05, 4.69) is 21.0 Å². The number of para-hydroxylation sites is 1. The average Bonchev–Trinajstić information content (AvgIpc) is 2.83. The molecule has 0 atom stereocenters. The number of hydrogen-bond acceptors (Lipinski definition) is 6. The lowest BCUT2D eigenvalue weighted by molar-refractivity contribution is 0.329. The van der Waals surface area contributed by atoms with Gasteiger partial charge in [0.2, 0.25) is 0 Å². The predicted octanol–water partition coefficient (Wildman–Crippen LogP) is 5.00. The summed E-state index contributed by atoms with van der Waals surface area (Å²) in [5.74, 6) is 1.76. The lowest BCUT2D eigenvalue weighted by Crippen LogP contribution is -2.25. The van der Waals surface area contributed by atoms with Crippen LogP contribution in [-0.2, 0) is 0 Å². The van der Waals surface area contributed by atoms with E-state index in [-0.39, 0.29) is 18.1 Å². The maximum Gasteiger partial charge on any atom is 0.282 e. The number of benzene rings is 2. The molecule has 0 radical (unpaired) electrons. The normalized spacial score (nSPS) is 14.5. The largest absolute Gasteiger partial charge is 0.493 e. The zero-order valence-electron chi connectivity index (χ0n) is 17.8. The van der Waals surface area contributed by atoms with Gasteiger partial charge in [0, 0.05) is 16.0 Å². The first-order chi connectivity index (χ1) is 15.6. The molecule has 1 aromatic heterocycles. The van der Waals surface area contributed by atoms with Crippen molar-refractivity contribution in [3.63, 3.8) is 0 Å². The molecule has 1 fully saturated rings. The van der Waals surface area contributed by atoms with E-state index in [1.807, 2.05) is 18.2 Å². The smallest absolute Gasteiger partial charge is 0.282 e. The number of hydrogen-bond donors (Lipinski definition) is 0. The molecular weight excluding hydrogens is 472 g/mol. The van der Waals surface area contributed by atoms with Gasteiger partial charge in [0.25, 0.3) is 5.56 Å². The van der Waals surface area contributed by atoms with Gasteiger partial charge >= 0.3 is 0 Å². The van der Waals surface area contributed by atoms with Gasteiger partial charge < -0.3 is 9.47 Å². The van der Waals surface area contributed by atoms with Gasteiger partial charge in [0.1, 0.15) is 11.9 Å². The molecule has 0 unspecified atom stereocenters. The molecule has 1 heterocycles. The van der Waals surface area contributed by atoms with Gasteiger partial charge in [-0.1, -0.05) is 41.3 Å². The Morgan fingerprint density at radius 2 is 2.09 bits per heavy atom. The predicted molar refractivity (Wildman–Crippen MR) is 127 cm³/mol. The number of aromatic nitrogens is 2. The molecule has 3 aromatic rings. The third kappa shape index (κ3) is 4.53. The molecule has 164 valence electrons. The van der Waals surface area contributed by atoms with Crippen LogP contribution >= 0.6 is 15.9 Å². The van der Waals surface area contributed by atoms with Crippen LogP contribution in [0.2, 0.25) is 0 Å². The minimum Gasteiger partial charge on any atom is -0.493 e. The highest BCUT2D eigenvalue weighted by atomic mass is 79.9. The molecule has 0 amide bonds. The van der Waals surface area contributed by atoms with Crippen molar-refractivity contribution in [3.8, 4) is 17.6 Å². The summed E-state index contributed by atoms with van der Waals surface area (Å²) < 4.78 is 13.2. The maximum atomic E-state index is 13.4. The lowest BCUT2D eigenvalue weighted by atomic mass is 9.88. The van der Waals surface area contributed by atoms with E-state index >= 15 is 0 Å². The number of rotatable bonds is 6. The molecule has 0 N–H and O–H groups in total. The molecule has 8 heteroatoms. The van der Waals surface area contributed by atoms with Crippen molar-refractivity contribution in [1.29, 1.82) is 5.26 Å². The van der Waals surface area contributed by atoms with Gasteiger partial charge in [-0.3, -0.25) is 4.79 Å². The first kappa shape index (κ1) is 22.0. The van der Waals surface area contributed by atoms with E-state index in [9.17, 15) is 4.79 Å². The summed E-state index contributed by atoms with van der Waals surface area (Å²) in [5.41, 5.74) is 1.07. The molecule has 0 saturated heterocycles. The minimum absolute atomic E-state index is 0.125. The van der Waals surface area contributed by atoms with Crippen molar-refractivity contribution in [2.45, 2.75) is 38.0 Å². The summed E-state index contributed by atoms with van der Waals surface area (Å²) in [7, 11) is 1.53. The average molecular weight is 495 g/mol. The number of ether oxygens (including phenoxy) is 2. The van der Waals surface area contributed by atoms with Crippen LogP contribution < -0.4 is 15.0 Å². The van der Waals surface area contributed by atoms with Gasteiger partial charge in [0.05, 0.1) is 24.2 Å². The Kier molecular flexibility index (Phi) is 6.86. The van der Waals surface area contributed by atoms with E-state index in [1.54, 1.807) is 30.5 Å². The highest BCUT2D eigenvalue weighted by Gasteiger charge is 2.22. The number of fused-ring (bicyclic) bond motifs is 1. The fraction of sp³-hybridized carbons (Fsp3) is 0.333. The molecule has 0 spiro atoms. The highest BCUT2D eigenvalue weighted by molar-refractivity contribution is 9.10. The quantitative estimate of drug-likeness (QED) is 0.449. The first-order valence-electron chi connectivity index (χ1n) is 10.6. The first-order valence-corrected chi connectivity index (χ1v) is 11.3. The van der Waals surface area contributed by atoms with Crippen molar-refractivity contribution in [3.05, 3.63) is 62.6 Å². The number of nitriles is 1. The van der Waals surface area contributed by atoms with Gasteiger partial charge in [-0.25, -0.2) is 4.98 Å². The number of nitrogens with zero attached hydrogens (tertiary/aromatic N) is 4. The Balaban J connectivity index is 1.85. The van der Waals surface area contributed by atoms with Crippen LogP contribution in [0.5, 0.6) is 11.5 Å². The van der Waals surface area contributed by atoms with Crippen LogP contribution in [0, 0.1) is 11.3 Å². The fourth-order valence-corrected chi connectivity index (χ4v) is 4.44. The maximum absolute atomic E-state index is 13.4. The van der Waals surface area contributed by atoms with Gasteiger partial charge in [0.15, 0.2) is 18.1 Å². The third-order valence-electron chi connectivity index (χ3n) is 5.63. The monoisotopic (exact) mass is 494 g/mol. The Labute approximate surface area is 194 Å². The molecule has 32 heavy (non-hydrogen) atoms. The minimum atomic E-state index is -0.212. The molecule has 0 aliphatic heterocycles. The van der Waals surface area contributed by atoms with Crippen molar-refractivity contribution in [2.75, 3.05) is 13.7 Å². The molecule has 7 nitrogen and oxygen atoms in total. The molecule has 4 rings (SSSR count). The van der Waals surface area contributed by atoms with Crippen LogP contribution in [-0.4, -0.2) is 29.6 Å². The molecule has 0 bridgehead atoms. The van der Waals surface area contributed by atoms with Crippen LogP contribution in [0.1, 0.15) is 49.4 Å². The van der Waals surface area contributed by atoms with E-state index in [1.165, 1.54) is 18.2 Å². The van der Waals surface area contributed by atoms with Gasteiger partial charge in [-0.05, 0) is 43.2 Å². The van der Waals surface area contributed by atoms with Crippen molar-refractivity contribution in [2.24, 2.45) is 5.10 Å². The second-order valence-corrected chi connectivity index (χ2v) is 8.57. The molecule has 1 saturated carbocycles. The third-order valence-corrected chi connectivity index (χ3v) is 6.12. The van der Waals surface area contributed by atoms with Crippen LogP contribution in [0.15, 0.2) is 50.8 Å². The lowest BCUT2D eigenvalue weighted by Gasteiger charge is -2.22. The van der Waals surface area contributed by atoms with E-state index in [4.69, 9.17) is 19.7 Å². The summed E-state index contributed by atoms with van der Waals surface area (Å²) in [6, 6.07) is 12.8. The second kappa shape index (κ2) is 9.96. The SMILES string of the molecule is COc1cccc(C=Nn2c(C3CCCCC3)nc3ccc(Br)cc3c2=O)c1OCC#N. The summed E-state index contributed by atoms with van der Waals surface area (Å²) in [5, 5.41) is 14.0.